The van der Waals surface area contributed by atoms with Crippen LogP contribution in [0.3, 0.4) is 0 Å². The van der Waals surface area contributed by atoms with E-state index in [9.17, 15) is 4.79 Å². The van der Waals surface area contributed by atoms with Gasteiger partial charge in [-0.05, 0) is 23.3 Å². The molecule has 0 atom stereocenters. The maximum atomic E-state index is 11.8. The second-order valence-electron chi connectivity index (χ2n) is 4.69. The van der Waals surface area contributed by atoms with Gasteiger partial charge in [0, 0.05) is 6.54 Å². The Kier molecular flexibility index (Phi) is 5.80. The predicted octanol–water partition coefficient (Wildman–Crippen LogP) is 1.88. The molecular weight excluding hydrogens is 282 g/mol. The quantitative estimate of drug-likeness (QED) is 0.819. The van der Waals surface area contributed by atoms with Gasteiger partial charge in [0.15, 0.2) is 18.1 Å². The molecule has 0 saturated heterocycles. The lowest BCUT2D eigenvalue weighted by molar-refractivity contribution is -0.123. The van der Waals surface area contributed by atoms with Crippen LogP contribution in [-0.4, -0.2) is 24.7 Å². The molecule has 0 unspecified atom stereocenters. The molecule has 0 aliphatic carbocycles. The summed E-state index contributed by atoms with van der Waals surface area (Å²) in [6.45, 7) is 0.291. The van der Waals surface area contributed by atoms with Gasteiger partial charge in [-0.15, -0.1) is 0 Å². The van der Waals surface area contributed by atoms with E-state index in [0.29, 0.717) is 18.0 Å². The SMILES string of the molecule is COc1cc(CO)ccc1OCC(=O)NCc1ccccc1. The normalized spacial score (nSPS) is 10.1. The molecule has 0 radical (unpaired) electrons. The lowest BCUT2D eigenvalue weighted by Gasteiger charge is -2.11. The van der Waals surface area contributed by atoms with Gasteiger partial charge in [-0.2, -0.15) is 0 Å². The van der Waals surface area contributed by atoms with Gasteiger partial charge in [-0.25, -0.2) is 0 Å². The van der Waals surface area contributed by atoms with Crippen LogP contribution in [0.2, 0.25) is 0 Å². The summed E-state index contributed by atoms with van der Waals surface area (Å²) in [5, 5.41) is 11.9. The van der Waals surface area contributed by atoms with E-state index >= 15 is 0 Å². The Labute approximate surface area is 129 Å². The third kappa shape index (κ3) is 4.49. The molecular formula is C17H19NO4. The molecule has 2 aromatic carbocycles. The Morgan fingerprint density at radius 2 is 1.86 bits per heavy atom. The maximum Gasteiger partial charge on any atom is 0.258 e. The maximum absolute atomic E-state index is 11.8. The molecule has 0 aliphatic heterocycles. The standard InChI is InChI=1S/C17H19NO4/c1-21-16-9-14(11-19)7-8-15(16)22-12-17(20)18-10-13-5-3-2-4-6-13/h2-9,19H,10-12H2,1H3,(H,18,20). The molecule has 0 aromatic heterocycles. The summed E-state index contributed by atoms with van der Waals surface area (Å²) in [6, 6.07) is 14.7. The third-order valence-corrected chi connectivity index (χ3v) is 3.10. The first kappa shape index (κ1) is 15.9. The number of rotatable bonds is 7. The topological polar surface area (TPSA) is 67.8 Å². The highest BCUT2D eigenvalue weighted by Gasteiger charge is 2.08. The van der Waals surface area contributed by atoms with Crippen molar-refractivity contribution in [2.75, 3.05) is 13.7 Å². The number of hydrogen-bond donors (Lipinski definition) is 2. The number of methoxy groups -OCH3 is 1. The summed E-state index contributed by atoms with van der Waals surface area (Å²) < 4.78 is 10.6. The van der Waals surface area contributed by atoms with Crippen LogP contribution in [0.5, 0.6) is 11.5 Å². The highest BCUT2D eigenvalue weighted by Crippen LogP contribution is 2.27. The number of amides is 1. The first-order valence-electron chi connectivity index (χ1n) is 6.94. The van der Waals surface area contributed by atoms with Crippen LogP contribution in [0.4, 0.5) is 0 Å². The van der Waals surface area contributed by atoms with Gasteiger partial charge in [0.25, 0.3) is 5.91 Å². The van der Waals surface area contributed by atoms with E-state index in [1.807, 2.05) is 30.3 Å². The van der Waals surface area contributed by atoms with Crippen molar-refractivity contribution in [3.8, 4) is 11.5 Å². The predicted molar refractivity (Wildman–Crippen MR) is 82.7 cm³/mol. The minimum atomic E-state index is -0.211. The van der Waals surface area contributed by atoms with E-state index in [4.69, 9.17) is 14.6 Å². The van der Waals surface area contributed by atoms with Crippen molar-refractivity contribution in [2.24, 2.45) is 0 Å². The number of carbonyl (C=O) groups excluding carboxylic acids is 1. The number of ether oxygens (including phenoxy) is 2. The van der Waals surface area contributed by atoms with E-state index < -0.39 is 0 Å². The van der Waals surface area contributed by atoms with Crippen molar-refractivity contribution in [1.29, 1.82) is 0 Å². The van der Waals surface area contributed by atoms with Crippen LogP contribution in [0.15, 0.2) is 48.5 Å². The zero-order valence-corrected chi connectivity index (χ0v) is 12.4. The van der Waals surface area contributed by atoms with Crippen LogP contribution in [0.25, 0.3) is 0 Å². The number of hydrogen-bond acceptors (Lipinski definition) is 4. The zero-order valence-electron chi connectivity index (χ0n) is 12.4. The molecule has 2 N–H and O–H groups in total. The van der Waals surface area contributed by atoms with Gasteiger partial charge in [0.2, 0.25) is 0 Å². The van der Waals surface area contributed by atoms with Crippen molar-refractivity contribution in [1.82, 2.24) is 5.32 Å². The molecule has 22 heavy (non-hydrogen) atoms. The molecule has 116 valence electrons. The summed E-state index contributed by atoms with van der Waals surface area (Å²) in [5.41, 5.74) is 1.75. The van der Waals surface area contributed by atoms with Crippen molar-refractivity contribution in [3.05, 3.63) is 59.7 Å². The fourth-order valence-corrected chi connectivity index (χ4v) is 1.92. The van der Waals surface area contributed by atoms with Gasteiger partial charge >= 0.3 is 0 Å². The monoisotopic (exact) mass is 301 g/mol. The van der Waals surface area contributed by atoms with E-state index in [1.54, 1.807) is 18.2 Å². The third-order valence-electron chi connectivity index (χ3n) is 3.10. The van der Waals surface area contributed by atoms with Gasteiger partial charge in [-0.1, -0.05) is 36.4 Å². The van der Waals surface area contributed by atoms with Crippen LogP contribution in [-0.2, 0) is 17.9 Å². The van der Waals surface area contributed by atoms with Gasteiger partial charge in [0.1, 0.15) is 0 Å². The van der Waals surface area contributed by atoms with Crippen molar-refractivity contribution in [2.45, 2.75) is 13.2 Å². The Hall–Kier alpha value is -2.53. The second kappa shape index (κ2) is 8.05. The molecule has 0 bridgehead atoms. The number of aliphatic hydroxyl groups excluding tert-OH is 1. The molecule has 1 amide bonds. The zero-order chi connectivity index (χ0) is 15.8. The average molecular weight is 301 g/mol. The smallest absolute Gasteiger partial charge is 0.258 e. The van der Waals surface area contributed by atoms with E-state index in [-0.39, 0.29) is 19.1 Å². The molecule has 0 heterocycles. The van der Waals surface area contributed by atoms with Crippen LogP contribution in [0.1, 0.15) is 11.1 Å². The van der Waals surface area contributed by atoms with Crippen molar-refractivity contribution in [3.63, 3.8) is 0 Å². The number of benzene rings is 2. The Morgan fingerprint density at radius 1 is 1.09 bits per heavy atom. The van der Waals surface area contributed by atoms with Crippen molar-refractivity contribution < 1.29 is 19.4 Å². The highest BCUT2D eigenvalue weighted by molar-refractivity contribution is 5.77. The van der Waals surface area contributed by atoms with Crippen LogP contribution in [0, 0.1) is 0 Å². The number of nitrogens with one attached hydrogen (secondary N) is 1. The van der Waals surface area contributed by atoms with Crippen LogP contribution >= 0.6 is 0 Å². The van der Waals surface area contributed by atoms with E-state index in [0.717, 1.165) is 11.1 Å². The van der Waals surface area contributed by atoms with Crippen LogP contribution < -0.4 is 14.8 Å². The summed E-state index contributed by atoms with van der Waals surface area (Å²) >= 11 is 0. The first-order chi connectivity index (χ1) is 10.7. The molecule has 0 fully saturated rings. The van der Waals surface area contributed by atoms with Crippen molar-refractivity contribution >= 4 is 5.91 Å². The molecule has 0 spiro atoms. The Morgan fingerprint density at radius 3 is 2.55 bits per heavy atom. The van der Waals surface area contributed by atoms with Gasteiger partial charge in [0.05, 0.1) is 13.7 Å². The number of carbonyl (C=O) groups is 1. The van der Waals surface area contributed by atoms with Gasteiger partial charge in [-0.3, -0.25) is 4.79 Å². The summed E-state index contributed by atoms with van der Waals surface area (Å²) in [4.78, 5) is 11.8. The number of aliphatic hydroxyl groups is 1. The first-order valence-corrected chi connectivity index (χ1v) is 6.94. The molecule has 0 aliphatic rings. The second-order valence-corrected chi connectivity index (χ2v) is 4.69. The molecule has 5 heteroatoms. The average Bonchev–Trinajstić information content (AvgIpc) is 2.58. The molecule has 5 nitrogen and oxygen atoms in total. The Bertz CT molecular complexity index is 613. The highest BCUT2D eigenvalue weighted by atomic mass is 16.5. The minimum absolute atomic E-state index is 0.0752. The summed E-state index contributed by atoms with van der Waals surface area (Å²) in [6.07, 6.45) is 0. The lowest BCUT2D eigenvalue weighted by atomic mass is 10.2. The largest absolute Gasteiger partial charge is 0.493 e. The van der Waals surface area contributed by atoms with E-state index in [1.165, 1.54) is 7.11 Å². The molecule has 2 aromatic rings. The summed E-state index contributed by atoms with van der Waals surface area (Å²) in [5.74, 6) is 0.745. The fraction of sp³-hybridized carbons (Fsp3) is 0.235. The molecule has 0 saturated carbocycles. The minimum Gasteiger partial charge on any atom is -0.493 e. The van der Waals surface area contributed by atoms with Gasteiger partial charge < -0.3 is 19.9 Å². The Balaban J connectivity index is 1.86. The van der Waals surface area contributed by atoms with E-state index in [2.05, 4.69) is 5.32 Å². The fourth-order valence-electron chi connectivity index (χ4n) is 1.92. The molecule has 2 rings (SSSR count). The lowest BCUT2D eigenvalue weighted by Crippen LogP contribution is -2.28. The summed E-state index contributed by atoms with van der Waals surface area (Å²) in [7, 11) is 1.51.